The average Bonchev–Trinajstić information content (AvgIpc) is 2.71. The van der Waals surface area contributed by atoms with Gasteiger partial charge in [0, 0.05) is 5.56 Å². The summed E-state index contributed by atoms with van der Waals surface area (Å²) in [7, 11) is 1.53. The summed E-state index contributed by atoms with van der Waals surface area (Å²) in [6, 6.07) is 16.7. The summed E-state index contributed by atoms with van der Waals surface area (Å²) in [5.74, 6) is 1.82. The van der Waals surface area contributed by atoms with Crippen LogP contribution in [0.4, 0.5) is 11.8 Å². The molecule has 0 saturated heterocycles. The van der Waals surface area contributed by atoms with Gasteiger partial charge in [-0.05, 0) is 30.3 Å². The topological polar surface area (TPSA) is 129 Å². The largest absolute Gasteiger partial charge is 0.493 e. The van der Waals surface area contributed by atoms with Crippen LogP contribution in [0.15, 0.2) is 48.5 Å². The molecule has 3 rings (SSSR count). The fraction of sp³-hybridized carbons (Fsp3) is 0.150. The maximum absolute atomic E-state index is 9.35. The number of benzene rings is 2. The van der Waals surface area contributed by atoms with Crippen LogP contribution in [0.2, 0.25) is 0 Å². The van der Waals surface area contributed by atoms with Gasteiger partial charge in [-0.1, -0.05) is 18.2 Å². The SMILES string of the molecule is COc1cc(-c2nc(N)nc(N)c2C#N)ccc1OCCOc1ccccc1. The Morgan fingerprint density at radius 2 is 1.71 bits per heavy atom. The van der Waals surface area contributed by atoms with E-state index < -0.39 is 0 Å². The van der Waals surface area contributed by atoms with E-state index in [1.807, 2.05) is 36.4 Å². The van der Waals surface area contributed by atoms with Crippen LogP contribution in [0.5, 0.6) is 17.2 Å². The van der Waals surface area contributed by atoms with E-state index in [9.17, 15) is 5.26 Å². The first kappa shape index (κ1) is 18.8. The van der Waals surface area contributed by atoms with Crippen molar-refractivity contribution in [3.8, 4) is 34.6 Å². The first-order valence-corrected chi connectivity index (χ1v) is 8.44. The summed E-state index contributed by atoms with van der Waals surface area (Å²) in [6.07, 6.45) is 0. The van der Waals surface area contributed by atoms with Crippen molar-refractivity contribution in [2.75, 3.05) is 31.8 Å². The van der Waals surface area contributed by atoms with Gasteiger partial charge in [-0.15, -0.1) is 0 Å². The minimum atomic E-state index is -0.0103. The van der Waals surface area contributed by atoms with E-state index in [4.69, 9.17) is 25.7 Å². The molecule has 2 aromatic carbocycles. The third kappa shape index (κ3) is 4.22. The highest BCUT2D eigenvalue weighted by Crippen LogP contribution is 2.34. The van der Waals surface area contributed by atoms with Crippen molar-refractivity contribution in [3.05, 3.63) is 54.1 Å². The van der Waals surface area contributed by atoms with Crippen LogP contribution in [-0.4, -0.2) is 30.3 Å². The van der Waals surface area contributed by atoms with Crippen LogP contribution in [0.25, 0.3) is 11.3 Å². The van der Waals surface area contributed by atoms with E-state index in [-0.39, 0.29) is 17.3 Å². The molecule has 0 unspecified atom stereocenters. The average molecular weight is 377 g/mol. The molecule has 0 atom stereocenters. The lowest BCUT2D eigenvalue weighted by molar-refractivity contribution is 0.211. The van der Waals surface area contributed by atoms with Gasteiger partial charge in [-0.2, -0.15) is 10.2 Å². The molecule has 142 valence electrons. The zero-order valence-electron chi connectivity index (χ0n) is 15.3. The number of hydrogen-bond donors (Lipinski definition) is 2. The second kappa shape index (κ2) is 8.60. The lowest BCUT2D eigenvalue weighted by atomic mass is 10.1. The number of anilines is 2. The summed E-state index contributed by atoms with van der Waals surface area (Å²) in [5.41, 5.74) is 12.5. The zero-order chi connectivity index (χ0) is 19.9. The molecule has 0 aliphatic rings. The first-order valence-electron chi connectivity index (χ1n) is 8.44. The summed E-state index contributed by atoms with van der Waals surface area (Å²) >= 11 is 0. The number of ether oxygens (including phenoxy) is 3. The van der Waals surface area contributed by atoms with Crippen molar-refractivity contribution in [2.24, 2.45) is 0 Å². The monoisotopic (exact) mass is 377 g/mol. The molecular formula is C20H19N5O3. The second-order valence-electron chi connectivity index (χ2n) is 5.68. The first-order chi connectivity index (χ1) is 13.6. The number of nitrogens with two attached hydrogens (primary N) is 2. The smallest absolute Gasteiger partial charge is 0.222 e. The molecule has 0 amide bonds. The van der Waals surface area contributed by atoms with E-state index in [2.05, 4.69) is 9.97 Å². The maximum atomic E-state index is 9.35. The van der Waals surface area contributed by atoms with E-state index >= 15 is 0 Å². The number of nitriles is 1. The molecule has 0 radical (unpaired) electrons. The second-order valence-corrected chi connectivity index (χ2v) is 5.68. The Labute approximate surface area is 162 Å². The molecule has 0 bridgehead atoms. The number of nitrogens with zero attached hydrogens (tertiary/aromatic N) is 3. The number of rotatable bonds is 7. The number of hydrogen-bond acceptors (Lipinski definition) is 8. The summed E-state index contributed by atoms with van der Waals surface area (Å²) in [5, 5.41) is 9.35. The molecule has 28 heavy (non-hydrogen) atoms. The molecular weight excluding hydrogens is 358 g/mol. The number of para-hydroxylation sites is 1. The standard InChI is InChI=1S/C20H19N5O3/c1-26-17-11-13(18-15(12-21)19(22)25-20(23)24-18)7-8-16(17)28-10-9-27-14-5-3-2-4-6-14/h2-8,11H,9-10H2,1H3,(H4,22,23,24,25). The van der Waals surface area contributed by atoms with Crippen LogP contribution >= 0.6 is 0 Å². The number of methoxy groups -OCH3 is 1. The highest BCUT2D eigenvalue weighted by Gasteiger charge is 2.15. The lowest BCUT2D eigenvalue weighted by Crippen LogP contribution is -2.09. The van der Waals surface area contributed by atoms with E-state index in [0.717, 1.165) is 5.75 Å². The molecule has 0 spiro atoms. The summed E-state index contributed by atoms with van der Waals surface area (Å²) < 4.78 is 16.8. The van der Waals surface area contributed by atoms with E-state index in [1.165, 1.54) is 7.11 Å². The van der Waals surface area contributed by atoms with Gasteiger partial charge in [0.05, 0.1) is 12.8 Å². The molecule has 1 aromatic heterocycles. The maximum Gasteiger partial charge on any atom is 0.222 e. The van der Waals surface area contributed by atoms with Gasteiger partial charge in [-0.3, -0.25) is 0 Å². The Morgan fingerprint density at radius 3 is 2.43 bits per heavy atom. The van der Waals surface area contributed by atoms with Crippen molar-refractivity contribution in [1.82, 2.24) is 9.97 Å². The van der Waals surface area contributed by atoms with Gasteiger partial charge in [0.2, 0.25) is 5.95 Å². The molecule has 8 heteroatoms. The number of nitrogen functional groups attached to an aromatic ring is 2. The fourth-order valence-electron chi connectivity index (χ4n) is 2.58. The van der Waals surface area contributed by atoms with E-state index in [1.54, 1.807) is 18.2 Å². The van der Waals surface area contributed by atoms with Gasteiger partial charge in [0.1, 0.15) is 36.4 Å². The van der Waals surface area contributed by atoms with Crippen LogP contribution in [0, 0.1) is 11.3 Å². The Balaban J connectivity index is 1.75. The summed E-state index contributed by atoms with van der Waals surface area (Å²) in [4.78, 5) is 7.95. The van der Waals surface area contributed by atoms with Crippen molar-refractivity contribution < 1.29 is 14.2 Å². The van der Waals surface area contributed by atoms with Gasteiger partial charge < -0.3 is 25.7 Å². The van der Waals surface area contributed by atoms with Crippen molar-refractivity contribution >= 4 is 11.8 Å². The quantitative estimate of drug-likeness (QED) is 0.601. The molecule has 4 N–H and O–H groups in total. The highest BCUT2D eigenvalue weighted by atomic mass is 16.5. The minimum absolute atomic E-state index is 0.0103. The third-order valence-corrected chi connectivity index (χ3v) is 3.86. The van der Waals surface area contributed by atoms with Crippen LogP contribution in [-0.2, 0) is 0 Å². The van der Waals surface area contributed by atoms with Gasteiger partial charge in [0.25, 0.3) is 0 Å². The van der Waals surface area contributed by atoms with Gasteiger partial charge >= 0.3 is 0 Å². The van der Waals surface area contributed by atoms with Crippen molar-refractivity contribution in [3.63, 3.8) is 0 Å². The van der Waals surface area contributed by atoms with Crippen molar-refractivity contribution in [1.29, 1.82) is 5.26 Å². The Hall–Kier alpha value is -3.99. The molecule has 0 aliphatic carbocycles. The van der Waals surface area contributed by atoms with Crippen LogP contribution in [0.1, 0.15) is 5.56 Å². The van der Waals surface area contributed by atoms with Crippen molar-refractivity contribution in [2.45, 2.75) is 0 Å². The molecule has 0 saturated carbocycles. The number of aromatic nitrogens is 2. The predicted octanol–water partition coefficient (Wildman–Crippen LogP) is 2.65. The molecule has 1 heterocycles. The normalized spacial score (nSPS) is 10.1. The minimum Gasteiger partial charge on any atom is -0.493 e. The molecule has 8 nitrogen and oxygen atoms in total. The third-order valence-electron chi connectivity index (χ3n) is 3.86. The predicted molar refractivity (Wildman–Crippen MR) is 105 cm³/mol. The molecule has 0 aliphatic heterocycles. The van der Waals surface area contributed by atoms with E-state index in [0.29, 0.717) is 36.0 Å². The Morgan fingerprint density at radius 1 is 0.964 bits per heavy atom. The van der Waals surface area contributed by atoms with Crippen LogP contribution < -0.4 is 25.7 Å². The Kier molecular flexibility index (Phi) is 5.77. The highest BCUT2D eigenvalue weighted by molar-refractivity contribution is 5.74. The zero-order valence-corrected chi connectivity index (χ0v) is 15.3. The van der Waals surface area contributed by atoms with Gasteiger partial charge in [-0.25, -0.2) is 4.98 Å². The molecule has 0 fully saturated rings. The van der Waals surface area contributed by atoms with Gasteiger partial charge in [0.15, 0.2) is 11.5 Å². The Bertz CT molecular complexity index is 1000. The van der Waals surface area contributed by atoms with Crippen LogP contribution in [0.3, 0.4) is 0 Å². The lowest BCUT2D eigenvalue weighted by Gasteiger charge is -2.13. The fourth-order valence-corrected chi connectivity index (χ4v) is 2.58. The molecule has 3 aromatic rings. The summed E-state index contributed by atoms with van der Waals surface area (Å²) in [6.45, 7) is 0.716.